The van der Waals surface area contributed by atoms with Crippen molar-refractivity contribution >= 4 is 68.4 Å². The molecule has 3 aromatic rings. The number of hydrogen-bond acceptors (Lipinski definition) is 6. The van der Waals surface area contributed by atoms with E-state index in [4.69, 9.17) is 9.97 Å². The molecule has 3 aromatic heterocycles. The second kappa shape index (κ2) is 14.1. The van der Waals surface area contributed by atoms with E-state index < -0.39 is 11.9 Å². The summed E-state index contributed by atoms with van der Waals surface area (Å²) < 4.78 is 0. The Hall–Kier alpha value is -3.50. The largest absolute Gasteiger partial charge is 1.00 e. The molecule has 8 bridgehead atoms. The van der Waals surface area contributed by atoms with Crippen LogP contribution in [0.25, 0.3) is 56.5 Å². The van der Waals surface area contributed by atoms with Crippen molar-refractivity contribution in [2.75, 3.05) is 0 Å². The van der Waals surface area contributed by atoms with E-state index >= 15 is 0 Å². The molecule has 0 saturated carbocycles. The van der Waals surface area contributed by atoms with Gasteiger partial charge in [-0.15, -0.1) is 0 Å². The number of H-pyrrole nitrogens is 2. The molecule has 0 aromatic carbocycles. The standard InChI is InChI=1S/C34H34N4O4.2Ag/c1-7-21-17(3)25-13-26-19(5)23(9-11-33(39)40)31(37-26)16-32-24(10-12-34(41)42)20(6)28(38-32)15-30-22(8-2)18(4)27(36-30)14-29(21)35-25;;/h7-8,13-16,35-36H,1-2,9-12H2,3-6H3,(H,39,40)(H,41,42);;/q;2*+1/p-2. The summed E-state index contributed by atoms with van der Waals surface area (Å²) in [7, 11) is 0. The van der Waals surface area contributed by atoms with Crippen LogP contribution in [0.2, 0.25) is 0 Å². The van der Waals surface area contributed by atoms with E-state index in [1.54, 1.807) is 6.08 Å². The van der Waals surface area contributed by atoms with Crippen LogP contribution in [0.1, 0.15) is 84.6 Å². The average molecular weight is 776 g/mol. The maximum absolute atomic E-state index is 11.4. The van der Waals surface area contributed by atoms with Crippen molar-refractivity contribution in [3.05, 3.63) is 82.5 Å². The number of carbonyl (C=O) groups excluding carboxylic acids is 2. The van der Waals surface area contributed by atoms with Gasteiger partial charge in [-0.3, -0.25) is 0 Å². The van der Waals surface area contributed by atoms with Gasteiger partial charge in [0, 0.05) is 45.1 Å². The summed E-state index contributed by atoms with van der Waals surface area (Å²) in [6.07, 6.45) is 3.79. The van der Waals surface area contributed by atoms with Gasteiger partial charge < -0.3 is 29.8 Å². The van der Waals surface area contributed by atoms with E-state index in [1.165, 1.54) is 0 Å². The quantitative estimate of drug-likeness (QED) is 0.305. The minimum absolute atomic E-state index is 0. The first kappa shape index (κ1) is 35.0. The van der Waals surface area contributed by atoms with Crippen LogP contribution >= 0.6 is 0 Å². The fourth-order valence-electron chi connectivity index (χ4n) is 5.76. The van der Waals surface area contributed by atoms with E-state index in [0.29, 0.717) is 22.8 Å². The summed E-state index contributed by atoms with van der Waals surface area (Å²) in [5, 5.41) is 22.8. The van der Waals surface area contributed by atoms with Gasteiger partial charge >= 0.3 is 44.8 Å². The van der Waals surface area contributed by atoms with Crippen molar-refractivity contribution in [3.63, 3.8) is 0 Å². The fraction of sp³-hybridized carbons (Fsp3) is 0.235. The maximum atomic E-state index is 11.4. The molecule has 0 atom stereocenters. The number of fused-ring (bicyclic) bond motifs is 8. The van der Waals surface area contributed by atoms with Crippen molar-refractivity contribution < 1.29 is 64.6 Å². The van der Waals surface area contributed by atoms with Crippen LogP contribution in [0.4, 0.5) is 0 Å². The van der Waals surface area contributed by atoms with Crippen molar-refractivity contribution in [2.45, 2.75) is 53.4 Å². The number of nitrogens with one attached hydrogen (secondary N) is 2. The van der Waals surface area contributed by atoms with Crippen molar-refractivity contribution in [1.82, 2.24) is 19.9 Å². The first-order chi connectivity index (χ1) is 20.0. The molecule has 8 nitrogen and oxygen atoms in total. The Bertz CT molecular complexity index is 1930. The van der Waals surface area contributed by atoms with Crippen LogP contribution in [0.5, 0.6) is 0 Å². The zero-order valence-corrected chi connectivity index (χ0v) is 27.8. The van der Waals surface area contributed by atoms with Crippen molar-refractivity contribution in [3.8, 4) is 0 Å². The molecule has 0 saturated heterocycles. The number of hydrogen-bond donors (Lipinski definition) is 2. The Morgan fingerprint density at radius 2 is 1.05 bits per heavy atom. The molecule has 0 aliphatic carbocycles. The Kier molecular flexibility index (Phi) is 11.2. The smallest absolute Gasteiger partial charge is 0.550 e. The van der Waals surface area contributed by atoms with Crippen LogP contribution in [0.3, 0.4) is 0 Å². The van der Waals surface area contributed by atoms with Crippen LogP contribution in [0.15, 0.2) is 37.4 Å². The molecule has 44 heavy (non-hydrogen) atoms. The number of aromatic amines is 2. The first-order valence-electron chi connectivity index (χ1n) is 13.8. The Balaban J connectivity index is 0.00000264. The van der Waals surface area contributed by atoms with Gasteiger partial charge in [0.25, 0.3) is 0 Å². The Morgan fingerprint density at radius 1 is 0.659 bits per heavy atom. The normalized spacial score (nSPS) is 12.5. The number of carboxylic acids is 2. The van der Waals surface area contributed by atoms with Crippen LogP contribution in [-0.2, 0) is 54.3 Å². The second-order valence-corrected chi connectivity index (χ2v) is 10.7. The third-order valence-corrected chi connectivity index (χ3v) is 8.20. The first-order valence-corrected chi connectivity index (χ1v) is 13.8. The van der Waals surface area contributed by atoms with Gasteiger partial charge in [0.1, 0.15) is 0 Å². The maximum Gasteiger partial charge on any atom is 1.00 e. The van der Waals surface area contributed by atoms with E-state index in [0.717, 1.165) is 66.6 Å². The second-order valence-electron chi connectivity index (χ2n) is 10.7. The SMILES string of the molecule is C=Cc1c(C)c2cc3[nH]c(cc4nc(cc5nc(cc1[nH]2)C(C)=C5CCC(=O)[O-])C(CCC(=O)[O-])=C4C)c(C)c3C=C.[Ag+].[Ag+]. The number of aromatic nitrogens is 4. The molecule has 2 aliphatic rings. The van der Waals surface area contributed by atoms with Crippen LogP contribution < -0.4 is 10.2 Å². The molecular weight excluding hydrogens is 744 g/mol. The third-order valence-electron chi connectivity index (χ3n) is 8.20. The molecule has 0 fully saturated rings. The number of nitrogens with zero attached hydrogens (tertiary/aromatic N) is 2. The predicted molar refractivity (Wildman–Crippen MR) is 164 cm³/mol. The summed E-state index contributed by atoms with van der Waals surface area (Å²) in [4.78, 5) is 39.7. The molecule has 5 rings (SSSR count). The fourth-order valence-corrected chi connectivity index (χ4v) is 5.76. The predicted octanol–water partition coefficient (Wildman–Crippen LogP) is 5.13. The molecule has 0 amide bonds. The van der Waals surface area contributed by atoms with Crippen molar-refractivity contribution in [2.24, 2.45) is 0 Å². The summed E-state index contributed by atoms with van der Waals surface area (Å²) in [5.41, 5.74) is 13.3. The number of aliphatic carboxylic acids is 2. The van der Waals surface area contributed by atoms with Crippen LogP contribution in [-0.4, -0.2) is 31.9 Å². The minimum atomic E-state index is -1.15. The van der Waals surface area contributed by atoms with Gasteiger partial charge in [-0.25, -0.2) is 9.97 Å². The topological polar surface area (TPSA) is 138 Å². The van der Waals surface area contributed by atoms with E-state index in [9.17, 15) is 19.8 Å². The van der Waals surface area contributed by atoms with Gasteiger partial charge in [-0.05, 0) is 111 Å². The van der Waals surface area contributed by atoms with E-state index in [2.05, 4.69) is 23.1 Å². The monoisotopic (exact) mass is 774 g/mol. The van der Waals surface area contributed by atoms with Crippen molar-refractivity contribution in [1.29, 1.82) is 0 Å². The molecule has 234 valence electrons. The molecule has 0 unspecified atom stereocenters. The molecule has 10 heteroatoms. The number of carbonyl (C=O) groups is 2. The number of carboxylic acid groups (broad SMARTS) is 2. The van der Waals surface area contributed by atoms with Gasteiger partial charge in [0.2, 0.25) is 0 Å². The van der Waals surface area contributed by atoms with E-state index in [1.807, 2.05) is 58.0 Å². The number of rotatable bonds is 8. The zero-order valence-electron chi connectivity index (χ0n) is 24.8. The summed E-state index contributed by atoms with van der Waals surface area (Å²) in [5.74, 6) is -2.29. The summed E-state index contributed by atoms with van der Waals surface area (Å²) >= 11 is 0. The Labute approximate surface area is 287 Å². The van der Waals surface area contributed by atoms with Crippen LogP contribution in [0, 0.1) is 13.8 Å². The third kappa shape index (κ3) is 6.61. The minimum Gasteiger partial charge on any atom is -0.550 e. The molecule has 2 aliphatic heterocycles. The average Bonchev–Trinajstić information content (AvgIpc) is 3.59. The zero-order chi connectivity index (χ0) is 30.3. The molecule has 5 heterocycles. The van der Waals surface area contributed by atoms with Gasteiger partial charge in [-0.2, -0.15) is 0 Å². The molecule has 2 N–H and O–H groups in total. The Morgan fingerprint density at radius 3 is 1.45 bits per heavy atom. The molecule has 0 spiro atoms. The summed E-state index contributed by atoms with van der Waals surface area (Å²) in [6, 6.07) is 7.78. The van der Waals surface area contributed by atoms with Gasteiger partial charge in [0.15, 0.2) is 0 Å². The molecule has 0 radical (unpaired) electrons. The van der Waals surface area contributed by atoms with Gasteiger partial charge in [0.05, 0.1) is 22.8 Å². The number of allylic oxidation sites excluding steroid dienone is 4. The van der Waals surface area contributed by atoms with E-state index in [-0.39, 0.29) is 70.4 Å². The summed E-state index contributed by atoms with van der Waals surface area (Å²) in [6.45, 7) is 16.0. The molecular formula is C34H32Ag2N4O4. The number of aryl methyl sites for hydroxylation is 2. The van der Waals surface area contributed by atoms with Gasteiger partial charge in [-0.1, -0.05) is 25.3 Å².